The number of hydrogen-bond acceptors (Lipinski definition) is 7. The Bertz CT molecular complexity index is 2110. The summed E-state index contributed by atoms with van der Waals surface area (Å²) < 4.78 is 1.59. The van der Waals surface area contributed by atoms with E-state index in [4.69, 9.17) is 23.2 Å². The van der Waals surface area contributed by atoms with Crippen molar-refractivity contribution < 1.29 is 19.2 Å². The van der Waals surface area contributed by atoms with Gasteiger partial charge in [0, 0.05) is 42.3 Å². The van der Waals surface area contributed by atoms with Gasteiger partial charge in [0.25, 0.3) is 17.7 Å². The van der Waals surface area contributed by atoms with Gasteiger partial charge in [-0.3, -0.25) is 28.7 Å². The van der Waals surface area contributed by atoms with E-state index in [1.54, 1.807) is 86.4 Å². The third-order valence-electron chi connectivity index (χ3n) is 9.61. The zero-order valence-corrected chi connectivity index (χ0v) is 29.0. The number of nitriles is 1. The number of carbonyl (C=O) groups excluding carboxylic acids is 4. The maximum atomic E-state index is 14.4. The van der Waals surface area contributed by atoms with Crippen molar-refractivity contribution in [3.8, 4) is 6.07 Å². The molecule has 7 rings (SSSR count). The Balaban J connectivity index is 1.18. The summed E-state index contributed by atoms with van der Waals surface area (Å²) >= 11 is 12.6. The fourth-order valence-electron chi connectivity index (χ4n) is 6.53. The number of nitrogens with zero attached hydrogens (tertiary/aromatic N) is 6. The topological polar surface area (TPSA) is 153 Å². The monoisotopic (exact) mass is 710 g/mol. The van der Waals surface area contributed by atoms with Crippen LogP contribution in [-0.2, 0) is 27.1 Å². The molecule has 0 unspecified atom stereocenters. The molecule has 2 aromatic heterocycles. The third kappa shape index (κ3) is 5.66. The highest BCUT2D eigenvalue weighted by Crippen LogP contribution is 2.48. The molecule has 0 radical (unpaired) electrons. The van der Waals surface area contributed by atoms with Gasteiger partial charge in [0.1, 0.15) is 16.8 Å². The number of carbonyl (C=O) groups is 4. The van der Waals surface area contributed by atoms with Crippen LogP contribution in [0.4, 0.5) is 11.6 Å². The van der Waals surface area contributed by atoms with Crippen LogP contribution < -0.4 is 15.5 Å². The lowest BCUT2D eigenvalue weighted by molar-refractivity contribution is -0.125. The Hall–Kier alpha value is -5.25. The van der Waals surface area contributed by atoms with Crippen LogP contribution >= 0.6 is 23.2 Å². The minimum Gasteiger partial charge on any atom is -0.345 e. The summed E-state index contributed by atoms with van der Waals surface area (Å²) in [4.78, 5) is 66.8. The second kappa shape index (κ2) is 12.0. The van der Waals surface area contributed by atoms with Gasteiger partial charge in [0.05, 0.1) is 34.7 Å². The molecule has 3 aliphatic rings. The van der Waals surface area contributed by atoms with Crippen molar-refractivity contribution >= 4 is 58.5 Å². The van der Waals surface area contributed by atoms with E-state index in [9.17, 15) is 24.4 Å². The molecule has 4 aromatic rings. The number of anilines is 2. The highest BCUT2D eigenvalue weighted by atomic mass is 35.5. The van der Waals surface area contributed by atoms with E-state index >= 15 is 0 Å². The molecule has 0 spiro atoms. The highest BCUT2D eigenvalue weighted by molar-refractivity contribution is 6.35. The smallest absolute Gasteiger partial charge is 0.270 e. The van der Waals surface area contributed by atoms with Crippen molar-refractivity contribution in [3.05, 3.63) is 105 Å². The highest BCUT2D eigenvalue weighted by Gasteiger charge is 2.57. The lowest BCUT2D eigenvalue weighted by Crippen LogP contribution is -2.52. The maximum Gasteiger partial charge on any atom is 0.270 e. The summed E-state index contributed by atoms with van der Waals surface area (Å²) in [6.45, 7) is 1.72. The quantitative estimate of drug-likeness (QED) is 0.252. The van der Waals surface area contributed by atoms with E-state index in [1.165, 1.54) is 16.0 Å². The third-order valence-corrected chi connectivity index (χ3v) is 10.1. The van der Waals surface area contributed by atoms with Gasteiger partial charge < -0.3 is 15.5 Å². The normalized spacial score (nSPS) is 19.3. The average molecular weight is 712 g/mol. The number of pyridine rings is 1. The lowest BCUT2D eigenvalue weighted by atomic mass is 9.91. The predicted molar refractivity (Wildman–Crippen MR) is 185 cm³/mol. The number of halogens is 2. The second-order valence-corrected chi connectivity index (χ2v) is 14.4. The number of fused-ring (bicyclic) bond motifs is 1. The molecule has 0 saturated heterocycles. The van der Waals surface area contributed by atoms with Crippen LogP contribution in [-0.4, -0.2) is 62.7 Å². The number of aromatic nitrogens is 3. The zero-order valence-electron chi connectivity index (χ0n) is 27.5. The van der Waals surface area contributed by atoms with Gasteiger partial charge in [-0.2, -0.15) is 5.26 Å². The van der Waals surface area contributed by atoms with Crippen LogP contribution in [0, 0.1) is 11.3 Å². The zero-order chi connectivity index (χ0) is 35.6. The van der Waals surface area contributed by atoms with E-state index in [-0.39, 0.29) is 35.8 Å². The molecule has 4 amide bonds. The number of hydrogen-bond donors (Lipinski definition) is 2. The van der Waals surface area contributed by atoms with Crippen LogP contribution in [0.3, 0.4) is 0 Å². The van der Waals surface area contributed by atoms with Gasteiger partial charge in [-0.05, 0) is 80.6 Å². The molecule has 12 nitrogen and oxygen atoms in total. The van der Waals surface area contributed by atoms with Crippen LogP contribution in [0.5, 0.6) is 0 Å². The van der Waals surface area contributed by atoms with Crippen molar-refractivity contribution in [2.24, 2.45) is 0 Å². The maximum absolute atomic E-state index is 14.4. The predicted octanol–water partition coefficient (Wildman–Crippen LogP) is 4.86. The molecule has 1 atom stereocenters. The molecule has 0 bridgehead atoms. The molecule has 2 fully saturated rings. The molecule has 1 aliphatic heterocycles. The van der Waals surface area contributed by atoms with Crippen LogP contribution in [0.2, 0.25) is 10.0 Å². The number of nitrogens with one attached hydrogen (secondary N) is 2. The fourth-order valence-corrected chi connectivity index (χ4v) is 7.04. The molecule has 254 valence electrons. The van der Waals surface area contributed by atoms with Crippen LogP contribution in [0.25, 0.3) is 0 Å². The van der Waals surface area contributed by atoms with E-state index in [1.807, 2.05) is 0 Å². The number of imidazole rings is 1. The SMILES string of the molecule is CN(C)C(=O)c1ccnc(C2(NC(=O)C3(NC(=O)c4cnc5n4[C@](C)(Cc4ccc(C#N)cc4)C(=O)N5c4cc(Cl)cc(Cl)c4)CC3)CC2)c1. The van der Waals surface area contributed by atoms with Crippen molar-refractivity contribution in [1.82, 2.24) is 30.1 Å². The number of rotatable bonds is 9. The Kier molecular flexibility index (Phi) is 7.96. The molecule has 2 aromatic carbocycles. The Labute approximate surface area is 298 Å². The van der Waals surface area contributed by atoms with Crippen molar-refractivity contribution in [2.45, 2.75) is 55.6 Å². The molecule has 14 heteroatoms. The van der Waals surface area contributed by atoms with E-state index < -0.39 is 22.5 Å². The molecular weight excluding hydrogens is 679 g/mol. The fraction of sp³-hybridized carbons (Fsp3) is 0.306. The van der Waals surface area contributed by atoms with E-state index in [0.29, 0.717) is 58.2 Å². The molecule has 2 aliphatic carbocycles. The largest absolute Gasteiger partial charge is 0.345 e. The first kappa shape index (κ1) is 33.3. The molecule has 2 N–H and O–H groups in total. The number of benzene rings is 2. The molecular formula is C36H32Cl2N8O4. The van der Waals surface area contributed by atoms with Crippen molar-refractivity contribution in [2.75, 3.05) is 19.0 Å². The summed E-state index contributed by atoms with van der Waals surface area (Å²) in [5, 5.41) is 16.0. The second-order valence-electron chi connectivity index (χ2n) is 13.5. The van der Waals surface area contributed by atoms with E-state index in [0.717, 1.165) is 5.56 Å². The number of amides is 4. The first-order valence-electron chi connectivity index (χ1n) is 16.0. The summed E-state index contributed by atoms with van der Waals surface area (Å²) in [6.07, 6.45) is 5.24. The van der Waals surface area contributed by atoms with Crippen molar-refractivity contribution in [1.29, 1.82) is 5.26 Å². The summed E-state index contributed by atoms with van der Waals surface area (Å²) in [5.74, 6) is -1.25. The molecule has 50 heavy (non-hydrogen) atoms. The van der Waals surface area contributed by atoms with Gasteiger partial charge in [-0.25, -0.2) is 9.88 Å². The lowest BCUT2D eigenvalue weighted by Gasteiger charge is -2.27. The average Bonchev–Trinajstić information content (AvgIpc) is 3.99. The van der Waals surface area contributed by atoms with Gasteiger partial charge in [-0.1, -0.05) is 35.3 Å². The minimum absolute atomic E-state index is 0.0943. The van der Waals surface area contributed by atoms with Gasteiger partial charge in [-0.15, -0.1) is 0 Å². The summed E-state index contributed by atoms with van der Waals surface area (Å²) in [6, 6.07) is 17.0. The first-order valence-corrected chi connectivity index (χ1v) is 16.8. The van der Waals surface area contributed by atoms with Gasteiger partial charge >= 0.3 is 0 Å². The van der Waals surface area contributed by atoms with E-state index in [2.05, 4.69) is 26.7 Å². The van der Waals surface area contributed by atoms with Gasteiger partial charge in [0.2, 0.25) is 11.9 Å². The van der Waals surface area contributed by atoms with Crippen LogP contribution in [0.1, 0.15) is 70.3 Å². The van der Waals surface area contributed by atoms with Crippen molar-refractivity contribution in [3.63, 3.8) is 0 Å². The Morgan fingerprint density at radius 3 is 2.24 bits per heavy atom. The summed E-state index contributed by atoms with van der Waals surface area (Å²) in [7, 11) is 3.34. The Morgan fingerprint density at radius 2 is 1.64 bits per heavy atom. The standard InChI is InChI=1S/C36H32Cl2N8O4/c1-34(18-21-4-6-22(19-39)7-5-21)32(50)45(26-16-24(37)15-25(38)17-26)33-41-20-27(46(33)34)29(47)42-36(11-12-36)31(49)43-35(9-10-35)28-14-23(8-13-40-28)30(48)44(2)3/h4-8,13-17,20H,9-12,18H2,1-3H3,(H,42,47)(H,43,49)/t34-/m1/s1. The summed E-state index contributed by atoms with van der Waals surface area (Å²) in [5.41, 5.74) is -0.464. The molecule has 3 heterocycles. The minimum atomic E-state index is -1.33. The Morgan fingerprint density at radius 1 is 0.960 bits per heavy atom. The van der Waals surface area contributed by atoms with Gasteiger partial charge in [0.15, 0.2) is 0 Å². The molecule has 2 saturated carbocycles. The first-order chi connectivity index (χ1) is 23.8. The van der Waals surface area contributed by atoms with Crippen LogP contribution in [0.15, 0.2) is 67.0 Å².